The highest BCUT2D eigenvalue weighted by Gasteiger charge is 2.48. The van der Waals surface area contributed by atoms with Gasteiger partial charge in [0, 0.05) is 28.7 Å². The van der Waals surface area contributed by atoms with Crippen molar-refractivity contribution >= 4 is 27.7 Å². The molecule has 0 saturated carbocycles. The van der Waals surface area contributed by atoms with Crippen LogP contribution in [0.4, 0.5) is 13.2 Å². The normalized spacial score (nSPS) is 21.1. The zero-order valence-electron chi connectivity index (χ0n) is 21.7. The van der Waals surface area contributed by atoms with E-state index in [1.807, 2.05) is 30.3 Å². The third-order valence-corrected chi connectivity index (χ3v) is 8.50. The second-order valence-electron chi connectivity index (χ2n) is 10.3. The first kappa shape index (κ1) is 27.6. The first-order chi connectivity index (χ1) is 19.8. The lowest BCUT2D eigenvalue weighted by molar-refractivity contribution is -0.146. The van der Waals surface area contributed by atoms with Gasteiger partial charge in [0.05, 0.1) is 18.1 Å². The number of hydrogen-bond donors (Lipinski definition) is 1. The van der Waals surface area contributed by atoms with Crippen LogP contribution in [0.1, 0.15) is 42.0 Å². The minimum absolute atomic E-state index is 0.0126. The van der Waals surface area contributed by atoms with Gasteiger partial charge >= 0.3 is 0 Å². The van der Waals surface area contributed by atoms with Gasteiger partial charge in [-0.2, -0.15) is 0 Å². The fraction of sp³-hybridized carbons (Fsp3) is 0.333. The van der Waals surface area contributed by atoms with Gasteiger partial charge in [0.2, 0.25) is 18.6 Å². The van der Waals surface area contributed by atoms with Gasteiger partial charge in [-0.25, -0.2) is 13.2 Å². The van der Waals surface area contributed by atoms with Crippen molar-refractivity contribution in [1.29, 1.82) is 0 Å². The smallest absolute Gasteiger partial charge is 0.247 e. The summed E-state index contributed by atoms with van der Waals surface area (Å²) in [6.45, 7) is -0.335. The monoisotopic (exact) mass is 630 g/mol. The Morgan fingerprint density at radius 1 is 1.00 bits per heavy atom. The van der Waals surface area contributed by atoms with Gasteiger partial charge in [-0.05, 0) is 43.0 Å². The Labute approximate surface area is 242 Å². The van der Waals surface area contributed by atoms with Crippen molar-refractivity contribution in [1.82, 2.24) is 10.2 Å². The van der Waals surface area contributed by atoms with Crippen LogP contribution < -0.4 is 14.8 Å². The van der Waals surface area contributed by atoms with Crippen LogP contribution in [0.5, 0.6) is 11.5 Å². The number of ether oxygens (including phenoxy) is 3. The number of nitrogens with zero attached hydrogens (tertiary/aromatic N) is 1. The first-order valence-electron chi connectivity index (χ1n) is 13.3. The van der Waals surface area contributed by atoms with Crippen LogP contribution in [0.3, 0.4) is 0 Å². The van der Waals surface area contributed by atoms with Gasteiger partial charge in [0.1, 0.15) is 6.04 Å². The summed E-state index contributed by atoms with van der Waals surface area (Å²) >= 11 is 3.51. The minimum atomic E-state index is -1.65. The molecule has 1 unspecified atom stereocenters. The molecule has 41 heavy (non-hydrogen) atoms. The molecule has 214 valence electrons. The van der Waals surface area contributed by atoms with E-state index in [1.54, 1.807) is 12.1 Å². The third kappa shape index (κ3) is 5.40. The Morgan fingerprint density at radius 2 is 1.76 bits per heavy atom. The lowest BCUT2D eigenvalue weighted by atomic mass is 9.87. The van der Waals surface area contributed by atoms with E-state index in [4.69, 9.17) is 14.2 Å². The third-order valence-electron chi connectivity index (χ3n) is 7.82. The van der Waals surface area contributed by atoms with E-state index in [9.17, 15) is 22.8 Å². The van der Waals surface area contributed by atoms with Crippen LogP contribution in [0, 0.1) is 23.4 Å². The number of hydrogen-bond acceptors (Lipinski definition) is 5. The highest BCUT2D eigenvalue weighted by molar-refractivity contribution is 9.10. The van der Waals surface area contributed by atoms with Crippen molar-refractivity contribution < 1.29 is 37.0 Å². The Kier molecular flexibility index (Phi) is 7.65. The average Bonchev–Trinajstić information content (AvgIpc) is 3.74. The number of benzene rings is 3. The van der Waals surface area contributed by atoms with Crippen LogP contribution in [-0.4, -0.2) is 35.7 Å². The van der Waals surface area contributed by atoms with Crippen molar-refractivity contribution in [3.05, 3.63) is 93.2 Å². The van der Waals surface area contributed by atoms with Crippen molar-refractivity contribution in [2.45, 2.75) is 50.6 Å². The predicted octanol–water partition coefficient (Wildman–Crippen LogP) is 5.55. The first-order valence-corrected chi connectivity index (χ1v) is 14.1. The fourth-order valence-electron chi connectivity index (χ4n) is 5.75. The quantitative estimate of drug-likeness (QED) is 0.330. The van der Waals surface area contributed by atoms with Crippen LogP contribution >= 0.6 is 15.9 Å². The molecule has 3 aliphatic heterocycles. The molecule has 7 nitrogen and oxygen atoms in total. The molecule has 6 rings (SSSR count). The van der Waals surface area contributed by atoms with E-state index >= 15 is 0 Å². The second-order valence-corrected chi connectivity index (χ2v) is 11.2. The van der Waals surface area contributed by atoms with E-state index in [0.29, 0.717) is 34.4 Å². The van der Waals surface area contributed by atoms with Crippen molar-refractivity contribution in [3.63, 3.8) is 0 Å². The predicted molar refractivity (Wildman–Crippen MR) is 144 cm³/mol. The molecular formula is C30H26BrF3N2O5. The van der Waals surface area contributed by atoms with E-state index in [0.717, 1.165) is 24.1 Å². The number of halogens is 4. The lowest BCUT2D eigenvalue weighted by Gasteiger charge is -2.35. The number of nitrogens with one attached hydrogen (secondary N) is 1. The maximum Gasteiger partial charge on any atom is 0.247 e. The Balaban J connectivity index is 1.43. The van der Waals surface area contributed by atoms with E-state index in [-0.39, 0.29) is 31.1 Å². The molecule has 2 bridgehead atoms. The minimum Gasteiger partial charge on any atom is -0.454 e. The Bertz CT molecular complexity index is 1490. The molecule has 2 fully saturated rings. The second kappa shape index (κ2) is 11.4. The Hall–Kier alpha value is -3.57. The lowest BCUT2D eigenvalue weighted by Crippen LogP contribution is -2.47. The highest BCUT2D eigenvalue weighted by Crippen LogP contribution is 2.44. The number of carbonyl (C=O) groups excluding carboxylic acids is 2. The summed E-state index contributed by atoms with van der Waals surface area (Å²) in [6, 6.07) is 13.0. The molecule has 3 aliphatic rings. The fourth-order valence-corrected chi connectivity index (χ4v) is 6.29. The molecule has 3 aromatic rings. The molecule has 2 amide bonds. The van der Waals surface area contributed by atoms with Gasteiger partial charge in [0.15, 0.2) is 29.0 Å². The zero-order valence-corrected chi connectivity index (χ0v) is 23.3. The molecular weight excluding hydrogens is 605 g/mol. The van der Waals surface area contributed by atoms with Gasteiger partial charge in [-0.1, -0.05) is 52.3 Å². The van der Waals surface area contributed by atoms with E-state index < -0.39 is 47.8 Å². The summed E-state index contributed by atoms with van der Waals surface area (Å²) in [5, 5.41) is 2.89. The summed E-state index contributed by atoms with van der Waals surface area (Å²) < 4.78 is 60.4. The maximum absolute atomic E-state index is 15.0. The molecule has 3 aromatic carbocycles. The molecule has 1 N–H and O–H groups in total. The molecule has 2 saturated heterocycles. The number of amides is 2. The zero-order chi connectivity index (χ0) is 28.7. The Morgan fingerprint density at radius 3 is 2.46 bits per heavy atom. The number of rotatable bonds is 8. The molecule has 0 spiro atoms. The van der Waals surface area contributed by atoms with Gasteiger partial charge in [0.25, 0.3) is 0 Å². The van der Waals surface area contributed by atoms with Crippen molar-refractivity contribution in [3.8, 4) is 11.5 Å². The van der Waals surface area contributed by atoms with E-state index in [2.05, 4.69) is 21.2 Å². The standard InChI is InChI=1S/C30H26BrF3N2O5/c31-21-12-25-24(39-15-40-25)11-19(21)28(29(37)35-13-16-4-2-1-3-5-16)36(14-17-6-8-22(32)27(34)26(17)33)30(38)20-10-18-7-9-23(20)41-18/h1-6,8,11-12,18,20,23,28H,7,9-10,13-15H2,(H,35,37)/t18-,20-,23+,28?/m1/s1. The molecule has 0 radical (unpaired) electrons. The number of carbonyl (C=O) groups is 2. The van der Waals surface area contributed by atoms with Gasteiger partial charge < -0.3 is 24.4 Å². The van der Waals surface area contributed by atoms with Crippen molar-refractivity contribution in [2.75, 3.05) is 6.79 Å². The molecule has 4 atom stereocenters. The summed E-state index contributed by atoms with van der Waals surface area (Å²) in [4.78, 5) is 29.5. The van der Waals surface area contributed by atoms with Gasteiger partial charge in [-0.15, -0.1) is 0 Å². The largest absolute Gasteiger partial charge is 0.454 e. The summed E-state index contributed by atoms with van der Waals surface area (Å²) in [5.74, 6) is -5.14. The summed E-state index contributed by atoms with van der Waals surface area (Å²) in [6.07, 6.45) is 1.58. The van der Waals surface area contributed by atoms with Gasteiger partial charge in [-0.3, -0.25) is 9.59 Å². The summed E-state index contributed by atoms with van der Waals surface area (Å²) in [7, 11) is 0. The topological polar surface area (TPSA) is 77.1 Å². The van der Waals surface area contributed by atoms with Crippen molar-refractivity contribution in [2.24, 2.45) is 5.92 Å². The maximum atomic E-state index is 15.0. The van der Waals surface area contributed by atoms with Crippen LogP contribution in [0.25, 0.3) is 0 Å². The molecule has 3 heterocycles. The SMILES string of the molecule is O=C(NCc1ccccc1)C(c1cc2c(cc1Br)OCO2)N(Cc1ccc(F)c(F)c1F)C(=O)[C@@H]1C[C@H]2CC[C@@H]1O2. The molecule has 11 heteroatoms. The van der Waals surface area contributed by atoms with Crippen LogP contribution in [-0.2, 0) is 27.4 Å². The van der Waals surface area contributed by atoms with Crippen LogP contribution in [0.2, 0.25) is 0 Å². The summed E-state index contributed by atoms with van der Waals surface area (Å²) in [5.41, 5.74) is 0.926. The molecule has 0 aliphatic carbocycles. The molecule has 0 aromatic heterocycles. The highest BCUT2D eigenvalue weighted by atomic mass is 79.9. The average molecular weight is 631 g/mol. The number of fused-ring (bicyclic) bond motifs is 3. The van der Waals surface area contributed by atoms with E-state index in [1.165, 1.54) is 4.90 Å². The van der Waals surface area contributed by atoms with Crippen LogP contribution in [0.15, 0.2) is 59.1 Å².